The third-order valence-electron chi connectivity index (χ3n) is 5.39. The van der Waals surface area contributed by atoms with Crippen LogP contribution >= 0.6 is 0 Å². The van der Waals surface area contributed by atoms with Crippen molar-refractivity contribution in [3.05, 3.63) is 36.7 Å². The Morgan fingerprint density at radius 3 is 2.43 bits per heavy atom. The van der Waals surface area contributed by atoms with Crippen LogP contribution in [0.4, 0.5) is 4.79 Å². The molecule has 0 spiro atoms. The van der Waals surface area contributed by atoms with Gasteiger partial charge in [-0.1, -0.05) is 12.1 Å². The molecule has 8 heteroatoms. The fraction of sp³-hybridized carbons (Fsp3) is 0.545. The molecule has 30 heavy (non-hydrogen) atoms. The summed E-state index contributed by atoms with van der Waals surface area (Å²) < 4.78 is 33.8. The fourth-order valence-corrected chi connectivity index (χ4v) is 5.16. The summed E-state index contributed by atoms with van der Waals surface area (Å²) >= 11 is 0. The summed E-state index contributed by atoms with van der Waals surface area (Å²) in [7, 11) is -3.59. The van der Waals surface area contributed by atoms with Gasteiger partial charge in [-0.25, -0.2) is 17.9 Å². The number of aromatic nitrogens is 1. The molecule has 3 rings (SSSR count). The normalized spacial score (nSPS) is 20.1. The minimum absolute atomic E-state index is 0.289. The van der Waals surface area contributed by atoms with Crippen LogP contribution in [0, 0.1) is 11.8 Å². The van der Waals surface area contributed by atoms with Crippen molar-refractivity contribution in [2.45, 2.75) is 57.0 Å². The van der Waals surface area contributed by atoms with E-state index in [0.29, 0.717) is 30.3 Å². The second-order valence-corrected chi connectivity index (χ2v) is 10.7. The largest absolute Gasteiger partial charge is 0.444 e. The molecule has 0 bridgehead atoms. The van der Waals surface area contributed by atoms with Crippen LogP contribution in [0.1, 0.15) is 46.5 Å². The standard InChI is InChI=1S/C22H31N3O4S/c1-22(2,3)29-21(26)24-13-16-7-9-17(10-8-16)14-25-30(27,28)20-6-4-5-18-15-23-12-11-19(18)20/h4-6,11-12,15-17,25H,7-10,13-14H2,1-3H3,(H,24,26). The van der Waals surface area contributed by atoms with E-state index in [1.54, 1.807) is 30.6 Å². The number of benzene rings is 1. The molecule has 0 saturated heterocycles. The summed E-state index contributed by atoms with van der Waals surface area (Å²) in [5, 5.41) is 4.32. The van der Waals surface area contributed by atoms with Crippen molar-refractivity contribution in [1.82, 2.24) is 15.0 Å². The van der Waals surface area contributed by atoms with Crippen LogP contribution in [0.5, 0.6) is 0 Å². The molecule has 1 aromatic carbocycles. The first-order valence-corrected chi connectivity index (χ1v) is 11.9. The van der Waals surface area contributed by atoms with Crippen molar-refractivity contribution in [2.24, 2.45) is 11.8 Å². The van der Waals surface area contributed by atoms with E-state index in [2.05, 4.69) is 15.0 Å². The van der Waals surface area contributed by atoms with E-state index in [9.17, 15) is 13.2 Å². The lowest BCUT2D eigenvalue weighted by molar-refractivity contribution is 0.0513. The number of carbonyl (C=O) groups excluding carboxylic acids is 1. The number of carbonyl (C=O) groups is 1. The predicted molar refractivity (Wildman–Crippen MR) is 117 cm³/mol. The van der Waals surface area contributed by atoms with Crippen LogP contribution in [0.15, 0.2) is 41.6 Å². The van der Waals surface area contributed by atoms with Crippen molar-refractivity contribution in [3.63, 3.8) is 0 Å². The molecule has 1 heterocycles. The number of hydrogen-bond acceptors (Lipinski definition) is 5. The summed E-state index contributed by atoms with van der Waals surface area (Å²) in [5.74, 6) is 0.699. The second kappa shape index (κ2) is 9.31. The Morgan fingerprint density at radius 2 is 1.77 bits per heavy atom. The maximum atomic E-state index is 12.9. The Morgan fingerprint density at radius 1 is 1.10 bits per heavy atom. The van der Waals surface area contributed by atoms with Crippen LogP contribution in [0.25, 0.3) is 10.8 Å². The van der Waals surface area contributed by atoms with E-state index >= 15 is 0 Å². The molecule has 164 valence electrons. The van der Waals surface area contributed by atoms with E-state index < -0.39 is 15.6 Å². The summed E-state index contributed by atoms with van der Waals surface area (Å²) in [5.41, 5.74) is -0.501. The van der Waals surface area contributed by atoms with Crippen molar-refractivity contribution < 1.29 is 17.9 Å². The van der Waals surface area contributed by atoms with E-state index in [-0.39, 0.29) is 11.0 Å². The molecule has 1 amide bonds. The Kier molecular flexibility index (Phi) is 6.98. The van der Waals surface area contributed by atoms with Gasteiger partial charge in [-0.15, -0.1) is 0 Å². The first-order valence-electron chi connectivity index (χ1n) is 10.4. The number of sulfonamides is 1. The van der Waals surface area contributed by atoms with E-state index in [1.165, 1.54) is 0 Å². The number of amides is 1. The van der Waals surface area contributed by atoms with E-state index in [4.69, 9.17) is 4.74 Å². The van der Waals surface area contributed by atoms with Gasteiger partial charge in [-0.3, -0.25) is 4.98 Å². The second-order valence-electron chi connectivity index (χ2n) is 8.97. The van der Waals surface area contributed by atoms with Gasteiger partial charge in [0.1, 0.15) is 5.60 Å². The van der Waals surface area contributed by atoms with E-state index in [0.717, 1.165) is 31.1 Å². The Balaban J connectivity index is 1.48. The van der Waals surface area contributed by atoms with Crippen molar-refractivity contribution in [1.29, 1.82) is 0 Å². The predicted octanol–water partition coefficient (Wildman–Crippen LogP) is 3.84. The zero-order valence-electron chi connectivity index (χ0n) is 17.8. The van der Waals surface area contributed by atoms with Crippen LogP contribution < -0.4 is 10.0 Å². The van der Waals surface area contributed by atoms with Gasteiger partial charge in [0.15, 0.2) is 0 Å². The highest BCUT2D eigenvalue weighted by molar-refractivity contribution is 7.89. The number of pyridine rings is 1. The lowest BCUT2D eigenvalue weighted by atomic mass is 9.82. The Hall–Kier alpha value is -2.19. The molecule has 2 aromatic rings. The minimum atomic E-state index is -3.59. The highest BCUT2D eigenvalue weighted by Crippen LogP contribution is 2.29. The number of fused-ring (bicyclic) bond motifs is 1. The summed E-state index contributed by atoms with van der Waals surface area (Å²) in [6.07, 6.45) is 6.67. The SMILES string of the molecule is CC(C)(C)OC(=O)NCC1CCC(CNS(=O)(=O)c2cccc3cnccc23)CC1. The average molecular weight is 434 g/mol. The van der Waals surface area contributed by atoms with Crippen molar-refractivity contribution >= 4 is 26.9 Å². The zero-order valence-corrected chi connectivity index (χ0v) is 18.7. The average Bonchev–Trinajstić information content (AvgIpc) is 2.70. The molecule has 2 N–H and O–H groups in total. The van der Waals surface area contributed by atoms with Gasteiger partial charge < -0.3 is 10.1 Å². The molecule has 0 radical (unpaired) electrons. The highest BCUT2D eigenvalue weighted by Gasteiger charge is 2.25. The molecular weight excluding hydrogens is 402 g/mol. The molecule has 1 fully saturated rings. The van der Waals surface area contributed by atoms with E-state index in [1.807, 2.05) is 26.8 Å². The first kappa shape index (κ1) is 22.5. The molecule has 1 aliphatic carbocycles. The number of ether oxygens (including phenoxy) is 1. The molecule has 1 saturated carbocycles. The summed E-state index contributed by atoms with van der Waals surface area (Å²) in [4.78, 5) is 16.1. The quantitative estimate of drug-likeness (QED) is 0.721. The number of nitrogens with one attached hydrogen (secondary N) is 2. The molecule has 1 aromatic heterocycles. The molecule has 0 atom stereocenters. The van der Waals surface area contributed by atoms with Crippen molar-refractivity contribution in [3.8, 4) is 0 Å². The topological polar surface area (TPSA) is 97.4 Å². The van der Waals surface area contributed by atoms with Gasteiger partial charge in [-0.05, 0) is 70.4 Å². The van der Waals surface area contributed by atoms with Crippen LogP contribution in [-0.2, 0) is 14.8 Å². The smallest absolute Gasteiger partial charge is 0.407 e. The highest BCUT2D eigenvalue weighted by atomic mass is 32.2. The maximum Gasteiger partial charge on any atom is 0.407 e. The van der Waals surface area contributed by atoms with Crippen molar-refractivity contribution in [2.75, 3.05) is 13.1 Å². The van der Waals surface area contributed by atoms with Gasteiger partial charge >= 0.3 is 6.09 Å². The summed E-state index contributed by atoms with van der Waals surface area (Å²) in [6.45, 7) is 6.54. The molecule has 7 nitrogen and oxygen atoms in total. The first-order chi connectivity index (χ1) is 14.1. The lowest BCUT2D eigenvalue weighted by Crippen LogP contribution is -2.37. The van der Waals surface area contributed by atoms with Crippen LogP contribution in [0.2, 0.25) is 0 Å². The summed E-state index contributed by atoms with van der Waals surface area (Å²) in [6, 6.07) is 6.95. The fourth-order valence-electron chi connectivity index (χ4n) is 3.81. The van der Waals surface area contributed by atoms with Gasteiger partial charge in [-0.2, -0.15) is 0 Å². The van der Waals surface area contributed by atoms with Crippen LogP contribution in [0.3, 0.4) is 0 Å². The zero-order chi connectivity index (χ0) is 21.8. The maximum absolute atomic E-state index is 12.9. The van der Waals surface area contributed by atoms with Crippen LogP contribution in [-0.4, -0.2) is 38.2 Å². The molecule has 0 aliphatic heterocycles. The number of hydrogen-bond donors (Lipinski definition) is 2. The van der Waals surface area contributed by atoms with Gasteiger partial charge in [0, 0.05) is 36.3 Å². The molecule has 0 unspecified atom stereocenters. The van der Waals surface area contributed by atoms with Gasteiger partial charge in [0.25, 0.3) is 0 Å². The monoisotopic (exact) mass is 433 g/mol. The molecular formula is C22H31N3O4S. The number of rotatable bonds is 6. The Bertz CT molecular complexity index is 972. The third-order valence-corrected chi connectivity index (χ3v) is 6.87. The number of nitrogens with zero attached hydrogens (tertiary/aromatic N) is 1. The number of alkyl carbamates (subject to hydrolysis) is 1. The van der Waals surface area contributed by atoms with Gasteiger partial charge in [0.2, 0.25) is 10.0 Å². The minimum Gasteiger partial charge on any atom is -0.444 e. The third kappa shape index (κ3) is 6.15. The van der Waals surface area contributed by atoms with Gasteiger partial charge in [0.05, 0.1) is 4.90 Å². The molecule has 1 aliphatic rings. The Labute approximate surface area is 178 Å². The lowest BCUT2D eigenvalue weighted by Gasteiger charge is -2.29.